The predicted octanol–water partition coefficient (Wildman–Crippen LogP) is 4.42. The quantitative estimate of drug-likeness (QED) is 0.206. The van der Waals surface area contributed by atoms with Crippen LogP contribution < -0.4 is 0 Å². The summed E-state index contributed by atoms with van der Waals surface area (Å²) in [5.74, 6) is 0.898. The van der Waals surface area contributed by atoms with Gasteiger partial charge in [-0.15, -0.1) is 0 Å². The van der Waals surface area contributed by atoms with Crippen molar-refractivity contribution in [3.8, 4) is 0 Å². The average molecular weight is 600 g/mol. The number of ketones is 1. The molecule has 0 radical (unpaired) electrons. The third-order valence-electron chi connectivity index (χ3n) is 13.9. The molecule has 7 aliphatic carbocycles. The Kier molecular flexibility index (Phi) is 8.61. The van der Waals surface area contributed by atoms with Crippen molar-refractivity contribution in [3.05, 3.63) is 23.8 Å². The predicted molar refractivity (Wildman–Crippen MR) is 166 cm³/mol. The zero-order valence-electron chi connectivity index (χ0n) is 26.9. The third kappa shape index (κ3) is 4.77. The van der Waals surface area contributed by atoms with E-state index in [-0.39, 0.29) is 35.4 Å². The second-order valence-electron chi connectivity index (χ2n) is 15.9. The van der Waals surface area contributed by atoms with Crippen LogP contribution in [-0.2, 0) is 9.53 Å². The fourth-order valence-corrected chi connectivity index (χ4v) is 11.6. The van der Waals surface area contributed by atoms with E-state index in [1.54, 1.807) is 7.11 Å². The molecule has 0 aromatic rings. The number of allylic oxidation sites excluding steroid dienone is 4. The highest BCUT2D eigenvalue weighted by Gasteiger charge is 2.74. The van der Waals surface area contributed by atoms with E-state index >= 15 is 0 Å². The number of aliphatic hydroxyl groups is 4. The largest absolute Gasteiger partial charge is 0.394 e. The second kappa shape index (κ2) is 11.6. The molecule has 4 saturated carbocycles. The van der Waals surface area contributed by atoms with Crippen molar-refractivity contribution in [2.75, 3.05) is 40.0 Å². The van der Waals surface area contributed by atoms with Crippen molar-refractivity contribution in [2.24, 2.45) is 39.4 Å². The molecular weight excluding hydrogens is 542 g/mol. The van der Waals surface area contributed by atoms with Crippen LogP contribution in [-0.4, -0.2) is 88.9 Å². The van der Waals surface area contributed by atoms with Gasteiger partial charge in [0.1, 0.15) is 0 Å². The minimum absolute atomic E-state index is 0.0171. The van der Waals surface area contributed by atoms with Gasteiger partial charge >= 0.3 is 0 Å². The molecule has 0 heterocycles. The van der Waals surface area contributed by atoms with Crippen molar-refractivity contribution in [3.63, 3.8) is 0 Å². The molecule has 4 fully saturated rings. The number of aliphatic hydroxyl groups excluding tert-OH is 3. The Morgan fingerprint density at radius 3 is 2.44 bits per heavy atom. The molecule has 0 saturated heterocycles. The van der Waals surface area contributed by atoms with Gasteiger partial charge in [0, 0.05) is 61.1 Å². The van der Waals surface area contributed by atoms with Crippen LogP contribution in [0, 0.1) is 39.4 Å². The monoisotopic (exact) mass is 599 g/mol. The first-order valence-electron chi connectivity index (χ1n) is 17.4. The van der Waals surface area contributed by atoms with Crippen molar-refractivity contribution in [1.29, 1.82) is 0 Å². The standard InChI is InChI=1S/C36H57NO6/c1-32-13-10-26(39)20-34(32)16-17-36(28(21-34)31(41)25-8-5-4-6-9-25)29(32)11-14-33(2)30(36)12-15-35(33,42)24-37(18-7-19-43-3)22-27(40)23-38/h16-17,21,25-27,29-30,38-40,42H,4-15,18-20,22-24H2,1-3H3. The van der Waals surface area contributed by atoms with Crippen LogP contribution in [0.15, 0.2) is 23.8 Å². The van der Waals surface area contributed by atoms with Crippen molar-refractivity contribution >= 4 is 5.78 Å². The van der Waals surface area contributed by atoms with Crippen molar-refractivity contribution in [2.45, 2.75) is 115 Å². The number of fused-ring (bicyclic) bond motifs is 1. The number of methoxy groups -OCH3 is 1. The summed E-state index contributed by atoms with van der Waals surface area (Å²) in [6.07, 6.45) is 18.0. The first-order chi connectivity index (χ1) is 20.5. The van der Waals surface area contributed by atoms with Crippen LogP contribution in [0.3, 0.4) is 0 Å². The van der Waals surface area contributed by atoms with Crippen LogP contribution in [0.5, 0.6) is 0 Å². The van der Waals surface area contributed by atoms with E-state index in [0.717, 1.165) is 69.8 Å². The summed E-state index contributed by atoms with van der Waals surface area (Å²) in [5, 5.41) is 43.6. The molecule has 0 amide bonds. The fraction of sp³-hybridized carbons (Fsp3) is 0.861. The normalized spacial score (nSPS) is 44.6. The Morgan fingerprint density at radius 2 is 1.72 bits per heavy atom. The maximum atomic E-state index is 14.7. The Bertz CT molecular complexity index is 1120. The lowest BCUT2D eigenvalue weighted by Crippen LogP contribution is -2.67. The van der Waals surface area contributed by atoms with E-state index < -0.39 is 22.5 Å². The van der Waals surface area contributed by atoms with Gasteiger partial charge in [-0.1, -0.05) is 51.3 Å². The van der Waals surface area contributed by atoms with E-state index in [1.165, 1.54) is 6.42 Å². The smallest absolute Gasteiger partial charge is 0.162 e. The number of hydrogen-bond acceptors (Lipinski definition) is 7. The highest BCUT2D eigenvalue weighted by Crippen LogP contribution is 2.78. The van der Waals surface area contributed by atoms with Crippen LogP contribution in [0.1, 0.15) is 97.3 Å². The molecule has 7 aliphatic rings. The maximum Gasteiger partial charge on any atom is 0.162 e. The van der Waals surface area contributed by atoms with E-state index in [1.807, 2.05) is 0 Å². The average Bonchev–Trinajstić information content (AvgIpc) is 3.27. The lowest BCUT2D eigenvalue weighted by molar-refractivity contribution is -0.180. The molecule has 2 bridgehead atoms. The Balaban J connectivity index is 1.39. The second-order valence-corrected chi connectivity index (χ2v) is 15.9. The highest BCUT2D eigenvalue weighted by molar-refractivity contribution is 6.00. The SMILES string of the molecule is COCCCN(CC(O)CO)CC1(O)CCC2C34C=CC5(C=C3C(=O)C3CCCCC3)CC(O)CCC5(C)C4CCC21C. The number of ether oxygens (including phenoxy) is 1. The van der Waals surface area contributed by atoms with Crippen molar-refractivity contribution in [1.82, 2.24) is 4.90 Å². The number of hydrogen-bond donors (Lipinski definition) is 4. The lowest BCUT2D eigenvalue weighted by Gasteiger charge is -2.71. The number of carbonyl (C=O) groups excluding carboxylic acids is 1. The first-order valence-corrected chi connectivity index (χ1v) is 17.4. The van der Waals surface area contributed by atoms with E-state index in [4.69, 9.17) is 4.74 Å². The Morgan fingerprint density at radius 1 is 1.02 bits per heavy atom. The number of carbonyl (C=O) groups is 1. The summed E-state index contributed by atoms with van der Waals surface area (Å²) in [7, 11) is 1.69. The molecule has 43 heavy (non-hydrogen) atoms. The first kappa shape index (κ1) is 31.9. The zero-order chi connectivity index (χ0) is 30.7. The molecule has 0 aromatic heterocycles. The molecule has 0 aliphatic heterocycles. The highest BCUT2D eigenvalue weighted by atomic mass is 16.5. The molecule has 7 rings (SSSR count). The maximum absolute atomic E-state index is 14.7. The number of nitrogens with zero attached hydrogens (tertiary/aromatic N) is 1. The van der Waals surface area contributed by atoms with Crippen molar-refractivity contribution < 1.29 is 30.0 Å². The summed E-state index contributed by atoms with van der Waals surface area (Å²) in [6.45, 7) is 6.45. The van der Waals surface area contributed by atoms with Gasteiger partial charge in [0.2, 0.25) is 0 Å². The zero-order valence-corrected chi connectivity index (χ0v) is 26.9. The van der Waals surface area contributed by atoms with E-state index in [0.29, 0.717) is 50.8 Å². The molecule has 7 nitrogen and oxygen atoms in total. The molecule has 7 heteroatoms. The Hall–Kier alpha value is -1.09. The van der Waals surface area contributed by atoms with Gasteiger partial charge in [0.25, 0.3) is 0 Å². The Labute approximate surface area is 258 Å². The van der Waals surface area contributed by atoms with Gasteiger partial charge in [-0.3, -0.25) is 9.69 Å². The van der Waals surface area contributed by atoms with Crippen LogP contribution in [0.25, 0.3) is 0 Å². The van der Waals surface area contributed by atoms with Gasteiger partial charge in [-0.2, -0.15) is 0 Å². The fourth-order valence-electron chi connectivity index (χ4n) is 11.6. The molecular formula is C36H57NO6. The van der Waals surface area contributed by atoms with Gasteiger partial charge < -0.3 is 25.2 Å². The van der Waals surface area contributed by atoms with Gasteiger partial charge in [0.15, 0.2) is 5.78 Å². The summed E-state index contributed by atoms with van der Waals surface area (Å²) in [4.78, 5) is 16.8. The minimum Gasteiger partial charge on any atom is -0.394 e. The summed E-state index contributed by atoms with van der Waals surface area (Å²) >= 11 is 0. The molecule has 9 unspecified atom stereocenters. The van der Waals surface area contributed by atoms with Crippen LogP contribution >= 0.6 is 0 Å². The van der Waals surface area contributed by atoms with E-state index in [9.17, 15) is 25.2 Å². The molecule has 0 aromatic carbocycles. The summed E-state index contributed by atoms with van der Waals surface area (Å²) < 4.78 is 5.30. The molecule has 242 valence electrons. The van der Waals surface area contributed by atoms with Crippen LogP contribution in [0.2, 0.25) is 0 Å². The third-order valence-corrected chi connectivity index (χ3v) is 13.9. The molecule has 2 spiro atoms. The van der Waals surface area contributed by atoms with E-state index in [2.05, 4.69) is 37.0 Å². The minimum atomic E-state index is -0.970. The lowest BCUT2D eigenvalue weighted by atomic mass is 9.32. The molecule has 9 atom stereocenters. The van der Waals surface area contributed by atoms with Gasteiger partial charge in [-0.25, -0.2) is 0 Å². The van der Waals surface area contributed by atoms with Crippen LogP contribution in [0.4, 0.5) is 0 Å². The number of Topliss-reactive ketones (excluding diaryl/α,β-unsaturated/α-hetero) is 1. The topological polar surface area (TPSA) is 110 Å². The molecule has 4 N–H and O–H groups in total. The summed E-state index contributed by atoms with van der Waals surface area (Å²) in [6, 6.07) is 0. The van der Waals surface area contributed by atoms with Gasteiger partial charge in [-0.05, 0) is 81.5 Å². The number of rotatable bonds is 11. The van der Waals surface area contributed by atoms with Gasteiger partial charge in [0.05, 0.1) is 24.4 Å². The summed E-state index contributed by atoms with van der Waals surface area (Å²) in [5.41, 5.74) is -1.04.